The summed E-state index contributed by atoms with van der Waals surface area (Å²) in [6.07, 6.45) is 0. The van der Waals surface area contributed by atoms with E-state index in [-0.39, 0.29) is 61.6 Å². The first-order valence-corrected chi connectivity index (χ1v) is 10.4. The van der Waals surface area contributed by atoms with Crippen LogP contribution < -0.4 is 0 Å². The molecule has 2 rings (SSSR count). The Labute approximate surface area is 173 Å². The fraction of sp³-hybridized carbons (Fsp3) is 0.471. The Morgan fingerprint density at radius 2 is 1.93 bits per heavy atom. The summed E-state index contributed by atoms with van der Waals surface area (Å²) < 4.78 is 44.4. The Morgan fingerprint density at radius 1 is 1.28 bits per heavy atom. The molecule has 1 aliphatic heterocycles. The SMILES string of the molecule is COC(=O)CN(CC#N)CC(=O)N1CCN(S(=O)(=O)c2ccc(F)c(Cl)c2)CC1. The van der Waals surface area contributed by atoms with Crippen LogP contribution in [-0.2, 0) is 24.3 Å². The van der Waals surface area contributed by atoms with Gasteiger partial charge in [-0.15, -0.1) is 0 Å². The minimum Gasteiger partial charge on any atom is -0.468 e. The third-order valence-electron chi connectivity index (χ3n) is 4.35. The summed E-state index contributed by atoms with van der Waals surface area (Å²) in [6.45, 7) is -0.0905. The number of piperazine rings is 1. The summed E-state index contributed by atoms with van der Waals surface area (Å²) in [5, 5.41) is 8.55. The van der Waals surface area contributed by atoms with Crippen LogP contribution in [-0.4, -0.2) is 87.3 Å². The fourth-order valence-electron chi connectivity index (χ4n) is 2.77. The maximum atomic E-state index is 13.3. The van der Waals surface area contributed by atoms with E-state index in [0.717, 1.165) is 18.2 Å². The van der Waals surface area contributed by atoms with Crippen LogP contribution in [0.2, 0.25) is 5.02 Å². The van der Waals surface area contributed by atoms with Crippen molar-refractivity contribution in [1.82, 2.24) is 14.1 Å². The molecule has 0 aromatic heterocycles. The van der Waals surface area contributed by atoms with Gasteiger partial charge < -0.3 is 9.64 Å². The second kappa shape index (κ2) is 9.98. The highest BCUT2D eigenvalue weighted by Gasteiger charge is 2.31. The average Bonchev–Trinajstić information content (AvgIpc) is 2.70. The predicted octanol–water partition coefficient (Wildman–Crippen LogP) is 0.311. The molecule has 0 unspecified atom stereocenters. The lowest BCUT2D eigenvalue weighted by Gasteiger charge is -2.34. The van der Waals surface area contributed by atoms with Crippen molar-refractivity contribution < 1.29 is 27.1 Å². The van der Waals surface area contributed by atoms with Gasteiger partial charge in [0.05, 0.1) is 42.7 Å². The smallest absolute Gasteiger partial charge is 0.319 e. The van der Waals surface area contributed by atoms with Crippen molar-refractivity contribution in [1.29, 1.82) is 5.26 Å². The summed E-state index contributed by atoms with van der Waals surface area (Å²) in [5.41, 5.74) is 0. The van der Waals surface area contributed by atoms with Gasteiger partial charge in [-0.1, -0.05) is 11.6 Å². The van der Waals surface area contributed by atoms with Crippen molar-refractivity contribution in [3.05, 3.63) is 29.0 Å². The van der Waals surface area contributed by atoms with Crippen LogP contribution in [0, 0.1) is 17.1 Å². The Morgan fingerprint density at radius 3 is 2.48 bits per heavy atom. The summed E-state index contributed by atoms with van der Waals surface area (Å²) in [5.74, 6) is -1.61. The second-order valence-corrected chi connectivity index (χ2v) is 8.59. The number of nitrogens with zero attached hydrogens (tertiary/aromatic N) is 4. The van der Waals surface area contributed by atoms with E-state index >= 15 is 0 Å². The van der Waals surface area contributed by atoms with E-state index in [1.54, 1.807) is 0 Å². The Bertz CT molecular complexity index is 913. The minimum atomic E-state index is -3.87. The highest BCUT2D eigenvalue weighted by atomic mass is 35.5. The van der Waals surface area contributed by atoms with Crippen molar-refractivity contribution in [2.45, 2.75) is 4.90 Å². The van der Waals surface area contributed by atoms with E-state index in [1.165, 1.54) is 21.2 Å². The summed E-state index contributed by atoms with van der Waals surface area (Å²) in [4.78, 5) is 26.5. The Kier molecular flexibility index (Phi) is 7.92. The molecule has 1 aromatic rings. The van der Waals surface area contributed by atoms with Crippen LogP contribution in [0.5, 0.6) is 0 Å². The van der Waals surface area contributed by atoms with Crippen molar-refractivity contribution in [3.8, 4) is 6.07 Å². The predicted molar refractivity (Wildman–Crippen MR) is 101 cm³/mol. The molecule has 158 valence electrons. The number of rotatable bonds is 7. The molecule has 0 bridgehead atoms. The molecule has 0 radical (unpaired) electrons. The standard InChI is InChI=1S/C17H20ClFN4O5S/c1-28-17(25)12-21(5-4-20)11-16(24)22-6-8-23(9-7-22)29(26,27)13-2-3-15(19)14(18)10-13/h2-3,10H,5-9,11-12H2,1H3. The Hall–Kier alpha value is -2.26. The van der Waals surface area contributed by atoms with Gasteiger partial charge in [-0.25, -0.2) is 12.8 Å². The van der Waals surface area contributed by atoms with Gasteiger partial charge in [-0.2, -0.15) is 9.57 Å². The van der Waals surface area contributed by atoms with Gasteiger partial charge >= 0.3 is 5.97 Å². The van der Waals surface area contributed by atoms with Crippen molar-refractivity contribution in [2.75, 3.05) is 52.9 Å². The van der Waals surface area contributed by atoms with E-state index in [2.05, 4.69) is 4.74 Å². The molecule has 1 amide bonds. The number of carbonyl (C=O) groups is 2. The molecule has 1 heterocycles. The normalized spacial score (nSPS) is 15.2. The third-order valence-corrected chi connectivity index (χ3v) is 6.54. The highest BCUT2D eigenvalue weighted by Crippen LogP contribution is 2.23. The number of amides is 1. The van der Waals surface area contributed by atoms with Gasteiger partial charge in [0, 0.05) is 26.2 Å². The lowest BCUT2D eigenvalue weighted by molar-refractivity contribution is -0.142. The van der Waals surface area contributed by atoms with Crippen molar-refractivity contribution in [2.24, 2.45) is 0 Å². The van der Waals surface area contributed by atoms with Gasteiger partial charge in [0.15, 0.2) is 0 Å². The van der Waals surface area contributed by atoms with Gasteiger partial charge in [-0.05, 0) is 18.2 Å². The number of carbonyl (C=O) groups excluding carboxylic acids is 2. The first-order valence-electron chi connectivity index (χ1n) is 8.58. The molecule has 29 heavy (non-hydrogen) atoms. The number of hydrogen-bond acceptors (Lipinski definition) is 7. The highest BCUT2D eigenvalue weighted by molar-refractivity contribution is 7.89. The van der Waals surface area contributed by atoms with Gasteiger partial charge in [0.25, 0.3) is 0 Å². The molecule has 0 atom stereocenters. The zero-order valence-electron chi connectivity index (χ0n) is 15.7. The largest absolute Gasteiger partial charge is 0.468 e. The molecule has 1 aliphatic rings. The molecule has 1 fully saturated rings. The zero-order valence-corrected chi connectivity index (χ0v) is 17.2. The molecular weight excluding hydrogens is 427 g/mol. The molecule has 0 spiro atoms. The quantitative estimate of drug-likeness (QED) is 0.437. The fourth-order valence-corrected chi connectivity index (χ4v) is 4.46. The molecule has 0 saturated carbocycles. The van der Waals surface area contributed by atoms with Gasteiger partial charge in [0.2, 0.25) is 15.9 Å². The summed E-state index contributed by atoms with van der Waals surface area (Å²) in [6, 6.07) is 5.06. The van der Waals surface area contributed by atoms with Crippen molar-refractivity contribution in [3.63, 3.8) is 0 Å². The Balaban J connectivity index is 1.98. The number of ether oxygens (including phenoxy) is 1. The average molecular weight is 447 g/mol. The molecular formula is C17H20ClFN4O5S. The summed E-state index contributed by atoms with van der Waals surface area (Å²) >= 11 is 5.67. The molecule has 1 aromatic carbocycles. The maximum Gasteiger partial charge on any atom is 0.319 e. The summed E-state index contributed by atoms with van der Waals surface area (Å²) in [7, 11) is -2.66. The lowest BCUT2D eigenvalue weighted by Crippen LogP contribution is -2.52. The van der Waals surface area contributed by atoms with Crippen LogP contribution >= 0.6 is 11.6 Å². The van der Waals surface area contributed by atoms with E-state index in [9.17, 15) is 22.4 Å². The third kappa shape index (κ3) is 5.86. The van der Waals surface area contributed by atoms with Crippen LogP contribution in [0.25, 0.3) is 0 Å². The number of halogens is 2. The number of sulfonamides is 1. The number of benzene rings is 1. The van der Waals surface area contributed by atoms with E-state index in [0.29, 0.717) is 0 Å². The van der Waals surface area contributed by atoms with Crippen LogP contribution in [0.4, 0.5) is 4.39 Å². The van der Waals surface area contributed by atoms with Crippen LogP contribution in [0.1, 0.15) is 0 Å². The maximum absolute atomic E-state index is 13.3. The zero-order chi connectivity index (χ0) is 21.6. The first kappa shape index (κ1) is 23.0. The van der Waals surface area contributed by atoms with E-state index in [4.69, 9.17) is 16.9 Å². The van der Waals surface area contributed by atoms with Crippen molar-refractivity contribution >= 4 is 33.5 Å². The number of nitriles is 1. The molecule has 0 aliphatic carbocycles. The monoisotopic (exact) mass is 446 g/mol. The number of methoxy groups -OCH3 is 1. The molecule has 0 N–H and O–H groups in total. The lowest BCUT2D eigenvalue weighted by atomic mass is 10.3. The van der Waals surface area contributed by atoms with E-state index in [1.807, 2.05) is 6.07 Å². The minimum absolute atomic E-state index is 0.0539. The van der Waals surface area contributed by atoms with Crippen LogP contribution in [0.15, 0.2) is 23.1 Å². The first-order chi connectivity index (χ1) is 13.7. The molecule has 9 nitrogen and oxygen atoms in total. The second-order valence-electron chi connectivity index (χ2n) is 6.24. The topological polar surface area (TPSA) is 111 Å². The van der Waals surface area contributed by atoms with Crippen LogP contribution in [0.3, 0.4) is 0 Å². The van der Waals surface area contributed by atoms with Gasteiger partial charge in [-0.3, -0.25) is 14.5 Å². The molecule has 12 heteroatoms. The van der Waals surface area contributed by atoms with Gasteiger partial charge in [0.1, 0.15) is 5.82 Å². The number of hydrogen-bond donors (Lipinski definition) is 0. The van der Waals surface area contributed by atoms with E-state index < -0.39 is 21.8 Å². The molecule has 1 saturated heterocycles. The number of esters is 1.